The minimum atomic E-state index is -3.94. The van der Waals surface area contributed by atoms with Crippen LogP contribution >= 0.6 is 7.60 Å². The third kappa shape index (κ3) is 5.14. The summed E-state index contributed by atoms with van der Waals surface area (Å²) in [6.07, 6.45) is 3.66. The van der Waals surface area contributed by atoms with Gasteiger partial charge in [-0.15, -0.1) is 0 Å². The highest BCUT2D eigenvalue weighted by atomic mass is 31.2. The highest BCUT2D eigenvalue weighted by Crippen LogP contribution is 2.51. The molecule has 14 heavy (non-hydrogen) atoms. The summed E-state index contributed by atoms with van der Waals surface area (Å²) in [6, 6.07) is 0. The average molecular weight is 222 g/mol. The van der Waals surface area contributed by atoms with E-state index in [9.17, 15) is 14.4 Å². The molecule has 0 aromatic carbocycles. The van der Waals surface area contributed by atoms with Gasteiger partial charge in [0.1, 0.15) is 0 Å². The lowest BCUT2D eigenvalue weighted by Crippen LogP contribution is -2.26. The summed E-state index contributed by atoms with van der Waals surface area (Å²) < 4.78 is 11.3. The van der Waals surface area contributed by atoms with Gasteiger partial charge in [0.25, 0.3) is 0 Å². The molecule has 3 nitrogen and oxygen atoms in total. The van der Waals surface area contributed by atoms with Crippen LogP contribution in [0.1, 0.15) is 53.4 Å². The Hall–Kier alpha value is 0.150. The summed E-state index contributed by atoms with van der Waals surface area (Å²) in [5.74, 6) is 0. The Morgan fingerprint density at radius 3 is 2.00 bits per heavy atom. The minimum absolute atomic E-state index is 0.313. The maximum Gasteiger partial charge on any atom is 0.329 e. The van der Waals surface area contributed by atoms with Crippen molar-refractivity contribution in [3.63, 3.8) is 0 Å². The van der Waals surface area contributed by atoms with E-state index in [0.29, 0.717) is 6.42 Å². The van der Waals surface area contributed by atoms with Crippen molar-refractivity contribution in [2.75, 3.05) is 0 Å². The third-order valence-electron chi connectivity index (χ3n) is 2.49. The predicted molar refractivity (Wildman–Crippen MR) is 59.4 cm³/mol. The summed E-state index contributed by atoms with van der Waals surface area (Å²) in [5, 5.41) is 0. The lowest BCUT2D eigenvalue weighted by atomic mass is 9.88. The molecule has 0 radical (unpaired) electrons. The van der Waals surface area contributed by atoms with Gasteiger partial charge in [-0.2, -0.15) is 0 Å². The molecule has 0 heterocycles. The second kappa shape index (κ2) is 5.29. The van der Waals surface area contributed by atoms with Crippen LogP contribution in [-0.4, -0.2) is 15.4 Å². The number of rotatable bonds is 5. The summed E-state index contributed by atoms with van der Waals surface area (Å²) in [6.45, 7) is 7.76. The van der Waals surface area contributed by atoms with E-state index in [1.165, 1.54) is 0 Å². The van der Waals surface area contributed by atoms with Crippen LogP contribution in [0.25, 0.3) is 0 Å². The normalized spacial score (nSPS) is 15.6. The number of unbranched alkanes of at least 4 members (excludes halogenated alkanes) is 2. The molecule has 0 aromatic heterocycles. The van der Waals surface area contributed by atoms with Crippen LogP contribution in [0, 0.1) is 5.41 Å². The summed E-state index contributed by atoms with van der Waals surface area (Å²) in [5.41, 5.74) is -0.811. The van der Waals surface area contributed by atoms with Crippen LogP contribution in [0.15, 0.2) is 0 Å². The Bertz CT molecular complexity index is 202. The van der Waals surface area contributed by atoms with Gasteiger partial charge in [0, 0.05) is 0 Å². The molecule has 1 atom stereocenters. The van der Waals surface area contributed by atoms with Crippen LogP contribution in [-0.2, 0) is 4.57 Å². The SMILES string of the molecule is CCCCCC(C(C)(C)C)P(=O)(O)O. The van der Waals surface area contributed by atoms with Crippen LogP contribution < -0.4 is 0 Å². The van der Waals surface area contributed by atoms with Gasteiger partial charge in [0.05, 0.1) is 5.66 Å². The van der Waals surface area contributed by atoms with Gasteiger partial charge in [-0.3, -0.25) is 4.57 Å². The van der Waals surface area contributed by atoms with E-state index < -0.39 is 13.3 Å². The van der Waals surface area contributed by atoms with Crippen molar-refractivity contribution in [3.05, 3.63) is 0 Å². The molecular formula is C10H23O3P. The van der Waals surface area contributed by atoms with Gasteiger partial charge >= 0.3 is 7.60 Å². The second-order valence-electron chi connectivity index (χ2n) is 4.97. The molecule has 0 aliphatic heterocycles. The van der Waals surface area contributed by atoms with E-state index in [1.807, 2.05) is 20.8 Å². The highest BCUT2D eigenvalue weighted by molar-refractivity contribution is 7.52. The van der Waals surface area contributed by atoms with E-state index in [0.717, 1.165) is 19.3 Å². The van der Waals surface area contributed by atoms with Crippen molar-refractivity contribution >= 4 is 7.60 Å². The van der Waals surface area contributed by atoms with Gasteiger partial charge in [-0.05, 0) is 11.8 Å². The van der Waals surface area contributed by atoms with E-state index in [4.69, 9.17) is 0 Å². The predicted octanol–water partition coefficient (Wildman–Crippen LogP) is 3.16. The molecule has 86 valence electrons. The van der Waals surface area contributed by atoms with Crippen molar-refractivity contribution in [2.24, 2.45) is 5.41 Å². The van der Waals surface area contributed by atoms with E-state index >= 15 is 0 Å². The first-order valence-electron chi connectivity index (χ1n) is 5.24. The molecule has 0 rings (SSSR count). The number of hydrogen-bond donors (Lipinski definition) is 2. The summed E-state index contributed by atoms with van der Waals surface area (Å²) in [4.78, 5) is 18.4. The van der Waals surface area contributed by atoms with Crippen LogP contribution in [0.4, 0.5) is 0 Å². The fourth-order valence-corrected chi connectivity index (χ4v) is 3.22. The molecule has 0 saturated heterocycles. The Morgan fingerprint density at radius 1 is 1.21 bits per heavy atom. The zero-order valence-corrected chi connectivity index (χ0v) is 10.6. The standard InChI is InChI=1S/C10H23O3P/c1-5-6-7-8-9(10(2,3)4)14(11,12)13/h9H,5-8H2,1-4H3,(H2,11,12,13). The molecule has 0 fully saturated rings. The first-order chi connectivity index (χ1) is 6.19. The largest absolute Gasteiger partial charge is 0.329 e. The molecule has 2 N–H and O–H groups in total. The Kier molecular flexibility index (Phi) is 5.35. The third-order valence-corrected chi connectivity index (χ3v) is 4.33. The summed E-state index contributed by atoms with van der Waals surface area (Å²) >= 11 is 0. The van der Waals surface area contributed by atoms with E-state index in [1.54, 1.807) is 0 Å². The van der Waals surface area contributed by atoms with Crippen molar-refractivity contribution in [2.45, 2.75) is 59.0 Å². The molecule has 0 aliphatic rings. The van der Waals surface area contributed by atoms with Gasteiger partial charge in [0.2, 0.25) is 0 Å². The maximum atomic E-state index is 11.3. The van der Waals surface area contributed by atoms with Gasteiger partial charge < -0.3 is 9.79 Å². The van der Waals surface area contributed by atoms with Crippen molar-refractivity contribution in [1.29, 1.82) is 0 Å². The Balaban J connectivity index is 4.36. The quantitative estimate of drug-likeness (QED) is 0.555. The minimum Gasteiger partial charge on any atom is -0.324 e. The fraction of sp³-hybridized carbons (Fsp3) is 1.00. The molecule has 0 amide bonds. The Labute approximate surface area is 87.1 Å². The molecule has 0 bridgehead atoms. The van der Waals surface area contributed by atoms with Crippen LogP contribution in [0.3, 0.4) is 0 Å². The van der Waals surface area contributed by atoms with Crippen molar-refractivity contribution < 1.29 is 14.4 Å². The fourth-order valence-electron chi connectivity index (χ4n) is 1.69. The van der Waals surface area contributed by atoms with E-state index in [-0.39, 0.29) is 5.41 Å². The second-order valence-corrected chi connectivity index (χ2v) is 6.77. The molecule has 4 heteroatoms. The van der Waals surface area contributed by atoms with Gasteiger partial charge in [0.15, 0.2) is 0 Å². The molecule has 0 aromatic rings. The molecular weight excluding hydrogens is 199 g/mol. The smallest absolute Gasteiger partial charge is 0.324 e. The lowest BCUT2D eigenvalue weighted by molar-refractivity contribution is 0.283. The topological polar surface area (TPSA) is 57.5 Å². The zero-order chi connectivity index (χ0) is 11.4. The lowest BCUT2D eigenvalue weighted by Gasteiger charge is -2.31. The number of hydrogen-bond acceptors (Lipinski definition) is 1. The first kappa shape index (κ1) is 14.2. The maximum absolute atomic E-state index is 11.3. The van der Waals surface area contributed by atoms with Crippen molar-refractivity contribution in [1.82, 2.24) is 0 Å². The molecule has 0 saturated carbocycles. The van der Waals surface area contributed by atoms with Crippen LogP contribution in [0.5, 0.6) is 0 Å². The first-order valence-corrected chi connectivity index (χ1v) is 6.93. The van der Waals surface area contributed by atoms with Gasteiger partial charge in [-0.1, -0.05) is 47.0 Å². The monoisotopic (exact) mass is 222 g/mol. The Morgan fingerprint density at radius 2 is 1.71 bits per heavy atom. The van der Waals surface area contributed by atoms with Crippen molar-refractivity contribution in [3.8, 4) is 0 Å². The van der Waals surface area contributed by atoms with Gasteiger partial charge in [-0.25, -0.2) is 0 Å². The van der Waals surface area contributed by atoms with Crippen LogP contribution in [0.2, 0.25) is 0 Å². The summed E-state index contributed by atoms with van der Waals surface area (Å²) in [7, 11) is -3.94. The highest BCUT2D eigenvalue weighted by Gasteiger charge is 2.37. The zero-order valence-electron chi connectivity index (χ0n) is 9.66. The average Bonchev–Trinajstić information content (AvgIpc) is 1.92. The molecule has 0 aliphatic carbocycles. The molecule has 0 spiro atoms. The van der Waals surface area contributed by atoms with E-state index in [2.05, 4.69) is 6.92 Å². The molecule has 1 unspecified atom stereocenters.